The number of hydrogen-bond acceptors (Lipinski definition) is 3. The van der Waals surface area contributed by atoms with Crippen LogP contribution < -0.4 is 5.32 Å². The molecule has 0 spiro atoms. The summed E-state index contributed by atoms with van der Waals surface area (Å²) in [7, 11) is 0. The molecule has 0 radical (unpaired) electrons. The second-order valence-corrected chi connectivity index (χ2v) is 6.48. The maximum atomic E-state index is 3.57. The van der Waals surface area contributed by atoms with E-state index in [1.54, 1.807) is 0 Å². The maximum Gasteiger partial charge on any atom is 0.0598 e. The molecule has 0 unspecified atom stereocenters. The first kappa shape index (κ1) is 11.5. The van der Waals surface area contributed by atoms with Gasteiger partial charge in [-0.2, -0.15) is 0 Å². The van der Waals surface area contributed by atoms with E-state index in [9.17, 15) is 0 Å². The Morgan fingerprint density at radius 1 is 1.40 bits per heavy atom. The summed E-state index contributed by atoms with van der Waals surface area (Å²) in [6, 6.07) is 4.32. The van der Waals surface area contributed by atoms with Gasteiger partial charge in [0.1, 0.15) is 0 Å². The topological polar surface area (TPSA) is 12.0 Å². The smallest absolute Gasteiger partial charge is 0.0598 e. The summed E-state index contributed by atoms with van der Waals surface area (Å²) in [5.41, 5.74) is 0. The average Bonchev–Trinajstić information content (AvgIpc) is 2.88. The van der Waals surface area contributed by atoms with Crippen LogP contribution in [0.5, 0.6) is 0 Å². The second-order valence-electron chi connectivity index (χ2n) is 4.14. The third-order valence-corrected chi connectivity index (χ3v) is 5.06. The van der Waals surface area contributed by atoms with Gasteiger partial charge < -0.3 is 5.32 Å². The number of rotatable bonds is 6. The number of nitrogens with one attached hydrogen (secondary N) is 1. The van der Waals surface area contributed by atoms with Crippen LogP contribution in [0.3, 0.4) is 0 Å². The summed E-state index contributed by atoms with van der Waals surface area (Å²) in [4.78, 5) is 0. The zero-order valence-corrected chi connectivity index (χ0v) is 10.7. The van der Waals surface area contributed by atoms with Crippen LogP contribution in [0.4, 0.5) is 0 Å². The van der Waals surface area contributed by atoms with E-state index in [4.69, 9.17) is 0 Å². The lowest BCUT2D eigenvalue weighted by Crippen LogP contribution is -2.23. The molecule has 1 aromatic rings. The summed E-state index contributed by atoms with van der Waals surface area (Å²) in [5.74, 6) is 2.17. The van der Waals surface area contributed by atoms with Crippen LogP contribution in [0.15, 0.2) is 21.7 Å². The van der Waals surface area contributed by atoms with Gasteiger partial charge in [0.2, 0.25) is 0 Å². The fourth-order valence-electron chi connectivity index (χ4n) is 2.09. The van der Waals surface area contributed by atoms with E-state index in [1.807, 2.05) is 23.1 Å². The largest absolute Gasteiger partial charge is 0.316 e. The fraction of sp³-hybridized carbons (Fsp3) is 0.667. The Bertz CT molecular complexity index is 253. The third kappa shape index (κ3) is 4.17. The molecule has 15 heavy (non-hydrogen) atoms. The minimum absolute atomic E-state index is 0.969. The second kappa shape index (κ2) is 6.56. The van der Waals surface area contributed by atoms with Crippen LogP contribution >= 0.6 is 23.1 Å². The Hall–Kier alpha value is 0.01000. The molecule has 0 aliphatic heterocycles. The van der Waals surface area contributed by atoms with Crippen LogP contribution in [0.1, 0.15) is 25.7 Å². The Balaban J connectivity index is 1.48. The quantitative estimate of drug-likeness (QED) is 0.603. The van der Waals surface area contributed by atoms with Gasteiger partial charge in [-0.1, -0.05) is 18.9 Å². The molecule has 0 aromatic carbocycles. The molecular formula is C12H19NS2. The lowest BCUT2D eigenvalue weighted by molar-refractivity contribution is 0.500. The first-order valence-electron chi connectivity index (χ1n) is 5.82. The molecule has 1 nitrogen and oxygen atoms in total. The minimum Gasteiger partial charge on any atom is -0.316 e. The monoisotopic (exact) mass is 241 g/mol. The van der Waals surface area contributed by atoms with Crippen LogP contribution in [0.25, 0.3) is 0 Å². The van der Waals surface area contributed by atoms with Gasteiger partial charge in [-0.05, 0) is 36.8 Å². The van der Waals surface area contributed by atoms with Gasteiger partial charge in [-0.3, -0.25) is 0 Å². The summed E-state index contributed by atoms with van der Waals surface area (Å²) >= 11 is 3.81. The maximum absolute atomic E-state index is 3.57. The van der Waals surface area contributed by atoms with Crippen molar-refractivity contribution in [2.24, 2.45) is 5.92 Å². The highest BCUT2D eigenvalue weighted by atomic mass is 32.2. The van der Waals surface area contributed by atoms with E-state index in [1.165, 1.54) is 42.2 Å². The van der Waals surface area contributed by atoms with Gasteiger partial charge in [0.05, 0.1) is 4.21 Å². The van der Waals surface area contributed by atoms with Gasteiger partial charge in [0.15, 0.2) is 0 Å². The first-order valence-corrected chi connectivity index (χ1v) is 7.69. The normalized spacial score (nSPS) is 17.3. The predicted molar refractivity (Wildman–Crippen MR) is 69.9 cm³/mol. The van der Waals surface area contributed by atoms with E-state index in [2.05, 4.69) is 22.8 Å². The highest BCUT2D eigenvalue weighted by molar-refractivity contribution is 8.01. The third-order valence-electron chi connectivity index (χ3n) is 2.93. The molecule has 0 amide bonds. The van der Waals surface area contributed by atoms with Gasteiger partial charge in [0.25, 0.3) is 0 Å². The molecular weight excluding hydrogens is 222 g/mol. The molecule has 1 saturated carbocycles. The van der Waals surface area contributed by atoms with Crippen molar-refractivity contribution < 1.29 is 0 Å². The van der Waals surface area contributed by atoms with Crippen molar-refractivity contribution in [1.82, 2.24) is 5.32 Å². The summed E-state index contributed by atoms with van der Waals surface area (Å²) < 4.78 is 1.44. The van der Waals surface area contributed by atoms with E-state index in [-0.39, 0.29) is 0 Å². The van der Waals surface area contributed by atoms with Crippen LogP contribution in [0, 0.1) is 5.92 Å². The zero-order chi connectivity index (χ0) is 10.3. The van der Waals surface area contributed by atoms with Crippen molar-refractivity contribution >= 4 is 23.1 Å². The van der Waals surface area contributed by atoms with E-state index in [0.717, 1.165) is 12.5 Å². The summed E-state index contributed by atoms with van der Waals surface area (Å²) in [6.07, 6.45) is 5.81. The number of hydrogen-bond donors (Lipinski definition) is 1. The van der Waals surface area contributed by atoms with Gasteiger partial charge in [-0.25, -0.2) is 0 Å². The van der Waals surface area contributed by atoms with Crippen molar-refractivity contribution in [1.29, 1.82) is 0 Å². The van der Waals surface area contributed by atoms with Crippen molar-refractivity contribution in [2.75, 3.05) is 18.8 Å². The van der Waals surface area contributed by atoms with Crippen molar-refractivity contribution in [2.45, 2.75) is 29.9 Å². The van der Waals surface area contributed by atoms with Crippen molar-refractivity contribution in [3.05, 3.63) is 17.5 Å². The van der Waals surface area contributed by atoms with Crippen LogP contribution in [-0.4, -0.2) is 18.8 Å². The molecule has 1 N–H and O–H groups in total. The summed E-state index contributed by atoms with van der Waals surface area (Å²) in [5, 5.41) is 5.72. The van der Waals surface area contributed by atoms with Crippen LogP contribution in [-0.2, 0) is 0 Å². The molecule has 84 valence electrons. The molecule has 0 saturated heterocycles. The molecule has 0 atom stereocenters. The predicted octanol–water partition coefficient (Wildman–Crippen LogP) is 3.62. The Morgan fingerprint density at radius 3 is 3.00 bits per heavy atom. The Kier molecular flexibility index (Phi) is 5.03. The van der Waals surface area contributed by atoms with Gasteiger partial charge in [-0.15, -0.1) is 23.1 Å². The lowest BCUT2D eigenvalue weighted by Gasteiger charge is -2.09. The molecule has 0 bridgehead atoms. The average molecular weight is 241 g/mol. The lowest BCUT2D eigenvalue weighted by atomic mass is 10.1. The van der Waals surface area contributed by atoms with E-state index >= 15 is 0 Å². The SMILES string of the molecule is c1csc(SCCNCC2CCCC2)c1. The van der Waals surface area contributed by atoms with E-state index < -0.39 is 0 Å². The standard InChI is InChI=1S/C12H19NS2/c1-2-5-11(4-1)10-13-7-9-15-12-6-3-8-14-12/h3,6,8,11,13H,1-2,4-5,7,9-10H2. The summed E-state index contributed by atoms with van der Waals surface area (Å²) in [6.45, 7) is 2.39. The minimum atomic E-state index is 0.969. The fourth-order valence-corrected chi connectivity index (χ4v) is 3.85. The molecule has 1 heterocycles. The Labute approximate surface area is 101 Å². The van der Waals surface area contributed by atoms with Crippen LogP contribution in [0.2, 0.25) is 0 Å². The van der Waals surface area contributed by atoms with Crippen molar-refractivity contribution in [3.63, 3.8) is 0 Å². The molecule has 1 fully saturated rings. The number of thioether (sulfide) groups is 1. The molecule has 1 aliphatic carbocycles. The number of thiophene rings is 1. The molecule has 1 aliphatic rings. The van der Waals surface area contributed by atoms with Gasteiger partial charge in [0, 0.05) is 12.3 Å². The van der Waals surface area contributed by atoms with Gasteiger partial charge >= 0.3 is 0 Å². The first-order chi connectivity index (χ1) is 7.45. The molecule has 3 heteroatoms. The highest BCUT2D eigenvalue weighted by Gasteiger charge is 2.13. The van der Waals surface area contributed by atoms with Crippen molar-refractivity contribution in [3.8, 4) is 0 Å². The highest BCUT2D eigenvalue weighted by Crippen LogP contribution is 2.24. The van der Waals surface area contributed by atoms with E-state index in [0.29, 0.717) is 0 Å². The Morgan fingerprint density at radius 2 is 2.27 bits per heavy atom. The zero-order valence-electron chi connectivity index (χ0n) is 9.08. The molecule has 1 aromatic heterocycles. The molecule has 2 rings (SSSR count).